The molecule has 6 heteroatoms. The monoisotopic (exact) mass is 373 g/mol. The van der Waals surface area contributed by atoms with Crippen molar-refractivity contribution in [3.8, 4) is 0 Å². The van der Waals surface area contributed by atoms with Crippen molar-refractivity contribution in [1.82, 2.24) is 0 Å². The van der Waals surface area contributed by atoms with Gasteiger partial charge >= 0.3 is 0 Å². The summed E-state index contributed by atoms with van der Waals surface area (Å²) in [6, 6.07) is 10.1. The van der Waals surface area contributed by atoms with Gasteiger partial charge in [-0.2, -0.15) is 0 Å². The molecule has 0 spiro atoms. The molecule has 0 aliphatic rings. The molecule has 0 amide bonds. The highest BCUT2D eigenvalue weighted by atomic mass is 79.9. The molecule has 0 aliphatic carbocycles. The highest BCUT2D eigenvalue weighted by Crippen LogP contribution is 2.27. The van der Waals surface area contributed by atoms with Gasteiger partial charge in [0.25, 0.3) is 10.0 Å². The molecular formula is C14H13BrClNO2S. The van der Waals surface area contributed by atoms with Crippen LogP contribution in [0.15, 0.2) is 45.8 Å². The molecule has 0 aliphatic heterocycles. The Balaban J connectivity index is 2.41. The SMILES string of the molecule is Cc1ccc(S(=O)(=O)Nc2ccc(Cl)cc2C)c(Br)c1. The third-order valence-electron chi connectivity index (χ3n) is 2.81. The minimum atomic E-state index is -3.64. The van der Waals surface area contributed by atoms with E-state index in [2.05, 4.69) is 20.7 Å². The van der Waals surface area contributed by atoms with Crippen molar-refractivity contribution >= 4 is 43.2 Å². The molecule has 0 saturated heterocycles. The van der Waals surface area contributed by atoms with Crippen molar-refractivity contribution in [2.24, 2.45) is 0 Å². The van der Waals surface area contributed by atoms with E-state index in [-0.39, 0.29) is 4.90 Å². The Morgan fingerprint density at radius 1 is 1.10 bits per heavy atom. The third-order valence-corrected chi connectivity index (χ3v) is 5.39. The zero-order valence-electron chi connectivity index (χ0n) is 10.9. The number of nitrogens with one attached hydrogen (secondary N) is 1. The molecule has 20 heavy (non-hydrogen) atoms. The number of hydrogen-bond donors (Lipinski definition) is 1. The van der Waals surface area contributed by atoms with Gasteiger partial charge in [0, 0.05) is 9.50 Å². The van der Waals surface area contributed by atoms with E-state index in [1.54, 1.807) is 43.3 Å². The lowest BCUT2D eigenvalue weighted by Crippen LogP contribution is -2.14. The van der Waals surface area contributed by atoms with E-state index >= 15 is 0 Å². The molecule has 0 saturated carbocycles. The molecule has 3 nitrogen and oxygen atoms in total. The number of halogens is 2. The first-order chi connectivity index (χ1) is 9.29. The molecule has 2 aromatic carbocycles. The van der Waals surface area contributed by atoms with Gasteiger partial charge in [0.1, 0.15) is 4.90 Å². The zero-order valence-corrected chi connectivity index (χ0v) is 14.1. The van der Waals surface area contributed by atoms with E-state index in [0.29, 0.717) is 15.2 Å². The van der Waals surface area contributed by atoms with E-state index in [1.165, 1.54) is 0 Å². The summed E-state index contributed by atoms with van der Waals surface area (Å²) < 4.78 is 27.9. The van der Waals surface area contributed by atoms with Crippen LogP contribution in [0.2, 0.25) is 5.02 Å². The lowest BCUT2D eigenvalue weighted by atomic mass is 10.2. The highest BCUT2D eigenvalue weighted by Gasteiger charge is 2.18. The lowest BCUT2D eigenvalue weighted by molar-refractivity contribution is 0.600. The Labute approximate surface area is 132 Å². The molecular weight excluding hydrogens is 362 g/mol. The third kappa shape index (κ3) is 3.34. The Morgan fingerprint density at radius 3 is 2.40 bits per heavy atom. The maximum absolute atomic E-state index is 12.4. The summed E-state index contributed by atoms with van der Waals surface area (Å²) in [6.45, 7) is 3.70. The maximum atomic E-state index is 12.4. The Morgan fingerprint density at radius 2 is 1.80 bits per heavy atom. The molecule has 0 bridgehead atoms. The van der Waals surface area contributed by atoms with E-state index in [9.17, 15) is 8.42 Å². The van der Waals surface area contributed by atoms with Crippen molar-refractivity contribution in [2.75, 3.05) is 4.72 Å². The van der Waals surface area contributed by atoms with Gasteiger partial charge < -0.3 is 0 Å². The van der Waals surface area contributed by atoms with Crippen LogP contribution in [-0.4, -0.2) is 8.42 Å². The van der Waals surface area contributed by atoms with Gasteiger partial charge in [-0.15, -0.1) is 0 Å². The number of aryl methyl sites for hydroxylation is 2. The first kappa shape index (κ1) is 15.4. The van der Waals surface area contributed by atoms with Gasteiger partial charge in [0.2, 0.25) is 0 Å². The first-order valence-electron chi connectivity index (χ1n) is 5.85. The standard InChI is InChI=1S/C14H13BrClNO2S/c1-9-3-6-14(12(15)7-9)20(18,19)17-13-5-4-11(16)8-10(13)2/h3-8,17H,1-2H3. The van der Waals surface area contributed by atoms with Crippen LogP contribution in [0.4, 0.5) is 5.69 Å². The minimum Gasteiger partial charge on any atom is -0.279 e. The van der Waals surface area contributed by atoms with Gasteiger partial charge in [-0.05, 0) is 71.2 Å². The molecule has 1 N–H and O–H groups in total. The molecule has 106 valence electrons. The molecule has 0 heterocycles. The number of rotatable bonds is 3. The van der Waals surface area contributed by atoms with Gasteiger partial charge in [0.05, 0.1) is 5.69 Å². The number of benzene rings is 2. The van der Waals surface area contributed by atoms with E-state index in [4.69, 9.17) is 11.6 Å². The van der Waals surface area contributed by atoms with Crippen LogP contribution in [-0.2, 0) is 10.0 Å². The smallest absolute Gasteiger partial charge is 0.263 e. The number of hydrogen-bond acceptors (Lipinski definition) is 2. The minimum absolute atomic E-state index is 0.206. The molecule has 0 unspecified atom stereocenters. The Hall–Kier alpha value is -1.04. The van der Waals surface area contributed by atoms with E-state index in [0.717, 1.165) is 11.1 Å². The normalized spacial score (nSPS) is 11.4. The van der Waals surface area contributed by atoms with Crippen LogP contribution in [0.5, 0.6) is 0 Å². The lowest BCUT2D eigenvalue weighted by Gasteiger charge is -2.12. The summed E-state index contributed by atoms with van der Waals surface area (Å²) in [4.78, 5) is 0.206. The average Bonchev–Trinajstić information content (AvgIpc) is 2.32. The number of sulfonamides is 1. The van der Waals surface area contributed by atoms with Crippen LogP contribution >= 0.6 is 27.5 Å². The van der Waals surface area contributed by atoms with Crippen molar-refractivity contribution in [3.05, 3.63) is 57.0 Å². The summed E-state index contributed by atoms with van der Waals surface area (Å²) in [5.74, 6) is 0. The van der Waals surface area contributed by atoms with Crippen LogP contribution in [0, 0.1) is 13.8 Å². The van der Waals surface area contributed by atoms with E-state index in [1.807, 2.05) is 6.92 Å². The second kappa shape index (κ2) is 5.76. The van der Waals surface area contributed by atoms with Gasteiger partial charge in [-0.1, -0.05) is 17.7 Å². The fourth-order valence-corrected chi connectivity index (χ4v) is 4.32. The highest BCUT2D eigenvalue weighted by molar-refractivity contribution is 9.10. The fourth-order valence-electron chi connectivity index (χ4n) is 1.77. The van der Waals surface area contributed by atoms with E-state index < -0.39 is 10.0 Å². The topological polar surface area (TPSA) is 46.2 Å². The molecule has 0 atom stereocenters. The summed E-state index contributed by atoms with van der Waals surface area (Å²) in [5, 5.41) is 0.571. The second-order valence-electron chi connectivity index (χ2n) is 4.50. The Kier molecular flexibility index (Phi) is 4.42. The zero-order chi connectivity index (χ0) is 14.9. The molecule has 2 rings (SSSR count). The predicted octanol–water partition coefficient (Wildman–Crippen LogP) is 4.52. The summed E-state index contributed by atoms with van der Waals surface area (Å²) >= 11 is 9.15. The van der Waals surface area contributed by atoms with Crippen LogP contribution in [0.1, 0.15) is 11.1 Å². The summed E-state index contributed by atoms with van der Waals surface area (Å²) in [5.41, 5.74) is 2.27. The second-order valence-corrected chi connectivity index (χ2v) is 7.44. The number of anilines is 1. The molecule has 2 aromatic rings. The predicted molar refractivity (Wildman–Crippen MR) is 85.9 cm³/mol. The Bertz CT molecular complexity index is 760. The van der Waals surface area contributed by atoms with Gasteiger partial charge in [-0.25, -0.2) is 8.42 Å². The van der Waals surface area contributed by atoms with Crippen molar-refractivity contribution < 1.29 is 8.42 Å². The van der Waals surface area contributed by atoms with Crippen LogP contribution in [0.3, 0.4) is 0 Å². The molecule has 0 aromatic heterocycles. The fraction of sp³-hybridized carbons (Fsp3) is 0.143. The van der Waals surface area contributed by atoms with Gasteiger partial charge in [0.15, 0.2) is 0 Å². The van der Waals surface area contributed by atoms with Crippen molar-refractivity contribution in [1.29, 1.82) is 0 Å². The quantitative estimate of drug-likeness (QED) is 0.858. The average molecular weight is 375 g/mol. The van der Waals surface area contributed by atoms with Crippen LogP contribution < -0.4 is 4.72 Å². The first-order valence-corrected chi connectivity index (χ1v) is 8.50. The maximum Gasteiger partial charge on any atom is 0.263 e. The van der Waals surface area contributed by atoms with Crippen LogP contribution in [0.25, 0.3) is 0 Å². The molecule has 0 fully saturated rings. The molecule has 0 radical (unpaired) electrons. The summed E-state index contributed by atoms with van der Waals surface area (Å²) in [7, 11) is -3.64. The van der Waals surface area contributed by atoms with Gasteiger partial charge in [-0.3, -0.25) is 4.72 Å². The van der Waals surface area contributed by atoms with Crippen molar-refractivity contribution in [2.45, 2.75) is 18.7 Å². The van der Waals surface area contributed by atoms with Crippen molar-refractivity contribution in [3.63, 3.8) is 0 Å². The summed E-state index contributed by atoms with van der Waals surface area (Å²) in [6.07, 6.45) is 0. The largest absolute Gasteiger partial charge is 0.279 e.